The summed E-state index contributed by atoms with van der Waals surface area (Å²) >= 11 is 2.65. The van der Waals surface area contributed by atoms with Gasteiger partial charge in [-0.3, -0.25) is 23.2 Å². The molecule has 0 aliphatic carbocycles. The van der Waals surface area contributed by atoms with Crippen LogP contribution in [-0.4, -0.2) is 53.8 Å². The van der Waals surface area contributed by atoms with E-state index < -0.39 is 7.82 Å². The highest BCUT2D eigenvalue weighted by atomic mass is 32.2. The van der Waals surface area contributed by atoms with Crippen molar-refractivity contribution in [2.24, 2.45) is 16.7 Å². The van der Waals surface area contributed by atoms with Crippen molar-refractivity contribution in [2.45, 2.75) is 106 Å². The van der Waals surface area contributed by atoms with E-state index in [2.05, 4.69) is 13.0 Å². The predicted molar refractivity (Wildman–Crippen MR) is 160 cm³/mol. The largest absolute Gasteiger partial charge is 0.474 e. The fraction of sp³-hybridized carbons (Fsp3) is 0.857. The van der Waals surface area contributed by atoms with Crippen LogP contribution in [0.1, 0.15) is 93.9 Å². The first-order valence-corrected chi connectivity index (χ1v) is 17.3. The Kier molecular flexibility index (Phi) is 16.6. The molecule has 1 saturated heterocycles. The number of thioether (sulfide) groups is 2. The zero-order valence-corrected chi connectivity index (χ0v) is 27.3. The van der Waals surface area contributed by atoms with Crippen LogP contribution in [0.25, 0.3) is 0 Å². The molecular weight excluding hydrogens is 543 g/mol. The summed E-state index contributed by atoms with van der Waals surface area (Å²) < 4.78 is 36.6. The number of allylic oxidation sites excluding steroid dienone is 1. The van der Waals surface area contributed by atoms with E-state index in [1.807, 2.05) is 54.5 Å². The van der Waals surface area contributed by atoms with Crippen LogP contribution >= 0.6 is 31.3 Å². The molecule has 1 rings (SSSR count). The van der Waals surface area contributed by atoms with E-state index >= 15 is 0 Å². The van der Waals surface area contributed by atoms with E-state index in [0.29, 0.717) is 30.3 Å². The zero-order valence-electron chi connectivity index (χ0n) is 24.8. The number of hydrogen-bond donors (Lipinski definition) is 0. The van der Waals surface area contributed by atoms with E-state index in [1.165, 1.54) is 23.5 Å². The molecule has 0 aromatic carbocycles. The first-order valence-electron chi connectivity index (χ1n) is 13.8. The number of unbranched alkanes of at least 4 members (excludes halogenated alkanes) is 2. The highest BCUT2D eigenvalue weighted by Crippen LogP contribution is 2.50. The molecule has 0 radical (unpaired) electrons. The van der Waals surface area contributed by atoms with Gasteiger partial charge in [0.05, 0.1) is 32.0 Å². The molecule has 0 N–H and O–H groups in total. The summed E-state index contributed by atoms with van der Waals surface area (Å²) in [7, 11) is -3.76. The lowest BCUT2D eigenvalue weighted by Gasteiger charge is -2.20. The number of rotatable bonds is 17. The molecule has 10 heteroatoms. The molecule has 1 heterocycles. The fourth-order valence-electron chi connectivity index (χ4n) is 3.48. The van der Waals surface area contributed by atoms with Crippen LogP contribution in [0, 0.1) is 16.7 Å². The van der Waals surface area contributed by atoms with E-state index in [0.717, 1.165) is 25.7 Å². The number of ether oxygens (including phenoxy) is 1. The Morgan fingerprint density at radius 1 is 0.895 bits per heavy atom. The number of phosphoric ester groups is 1. The van der Waals surface area contributed by atoms with Gasteiger partial charge in [0.15, 0.2) is 10.2 Å². The minimum atomic E-state index is -3.76. The first kappa shape index (κ1) is 35.9. The molecule has 1 aliphatic heterocycles. The predicted octanol–water partition coefficient (Wildman–Crippen LogP) is 8.08. The molecule has 0 aromatic heterocycles. The Labute approximate surface area is 239 Å². The SMILES string of the molecule is C/C=C\CC1O[C@H](COP(=O)(OCCCCSC(=O)C(C)(C)C)OCCCCSC(=O)C(C)(C)C)C[C@@H]1C. The van der Waals surface area contributed by atoms with Gasteiger partial charge in [0, 0.05) is 22.3 Å². The Hall–Kier alpha value is -0.150. The summed E-state index contributed by atoms with van der Waals surface area (Å²) in [6.07, 6.45) is 8.60. The Morgan fingerprint density at radius 3 is 1.84 bits per heavy atom. The van der Waals surface area contributed by atoms with E-state index in [-0.39, 0.29) is 53.1 Å². The quantitative estimate of drug-likeness (QED) is 0.0942. The zero-order chi connectivity index (χ0) is 28.8. The summed E-state index contributed by atoms with van der Waals surface area (Å²) in [6, 6.07) is 0. The second-order valence-electron chi connectivity index (χ2n) is 11.9. The van der Waals surface area contributed by atoms with Crippen LogP contribution in [0.4, 0.5) is 0 Å². The first-order chi connectivity index (χ1) is 17.7. The van der Waals surface area contributed by atoms with E-state index in [4.69, 9.17) is 18.3 Å². The molecular formula is C28H51O7PS2. The van der Waals surface area contributed by atoms with Crippen molar-refractivity contribution in [3.8, 4) is 0 Å². The highest BCUT2D eigenvalue weighted by molar-refractivity contribution is 8.14. The van der Waals surface area contributed by atoms with Crippen molar-refractivity contribution in [2.75, 3.05) is 31.3 Å². The number of hydrogen-bond acceptors (Lipinski definition) is 9. The standard InChI is InChI=1S/C28H51O7PS2/c1-9-10-15-24-22(2)20-23(35-24)21-34-36(31,32-16-11-13-18-37-25(29)27(3,4)5)33-17-12-14-19-38-26(30)28(6,7)8/h9-10,22-24H,11-21H2,1-8H3/b10-9-/t22-,23-,24?/m0/s1. The molecule has 1 aliphatic rings. The Balaban J connectivity index is 2.51. The smallest absolute Gasteiger partial charge is 0.372 e. The molecule has 1 fully saturated rings. The summed E-state index contributed by atoms with van der Waals surface area (Å²) in [5.74, 6) is 1.78. The Bertz CT molecular complexity index is 747. The number of carbonyl (C=O) groups excluding carboxylic acids is 2. The third-order valence-electron chi connectivity index (χ3n) is 5.93. The van der Waals surface area contributed by atoms with Gasteiger partial charge in [-0.25, -0.2) is 4.57 Å². The summed E-state index contributed by atoms with van der Waals surface area (Å²) in [4.78, 5) is 24.1. The third kappa shape index (κ3) is 15.0. The maximum atomic E-state index is 13.4. The highest BCUT2D eigenvalue weighted by Gasteiger charge is 2.35. The second-order valence-corrected chi connectivity index (χ2v) is 15.7. The molecule has 7 nitrogen and oxygen atoms in total. The lowest BCUT2D eigenvalue weighted by molar-refractivity contribution is -0.118. The number of carbonyl (C=O) groups is 2. The van der Waals surface area contributed by atoms with Crippen molar-refractivity contribution in [3.05, 3.63) is 12.2 Å². The van der Waals surface area contributed by atoms with Crippen molar-refractivity contribution in [1.29, 1.82) is 0 Å². The van der Waals surface area contributed by atoms with Gasteiger partial charge in [0.25, 0.3) is 0 Å². The lowest BCUT2D eigenvalue weighted by Crippen LogP contribution is -2.18. The van der Waals surface area contributed by atoms with Crippen molar-refractivity contribution in [3.63, 3.8) is 0 Å². The van der Waals surface area contributed by atoms with Gasteiger partial charge < -0.3 is 4.74 Å². The third-order valence-corrected chi connectivity index (χ3v) is 10.1. The van der Waals surface area contributed by atoms with Gasteiger partial charge in [-0.2, -0.15) is 0 Å². The van der Waals surface area contributed by atoms with Gasteiger partial charge in [0.2, 0.25) is 0 Å². The van der Waals surface area contributed by atoms with Gasteiger partial charge in [-0.15, -0.1) is 0 Å². The van der Waals surface area contributed by atoms with Gasteiger partial charge in [-0.05, 0) is 51.4 Å². The molecule has 0 spiro atoms. The van der Waals surface area contributed by atoms with Crippen molar-refractivity contribution >= 4 is 41.6 Å². The summed E-state index contributed by atoms with van der Waals surface area (Å²) in [6.45, 7) is 16.2. The van der Waals surface area contributed by atoms with Gasteiger partial charge in [0.1, 0.15) is 0 Å². The van der Waals surface area contributed by atoms with Crippen molar-refractivity contribution < 1.29 is 32.5 Å². The minimum absolute atomic E-state index is 0.127. The molecule has 38 heavy (non-hydrogen) atoms. The van der Waals surface area contributed by atoms with E-state index in [1.54, 1.807) is 0 Å². The van der Waals surface area contributed by atoms with Crippen LogP contribution in [-0.2, 0) is 32.5 Å². The molecule has 0 bridgehead atoms. The molecule has 0 amide bonds. The normalized spacial score (nSPS) is 20.9. The molecule has 0 saturated carbocycles. The lowest BCUT2D eigenvalue weighted by atomic mass is 9.99. The molecule has 1 unspecified atom stereocenters. The molecule has 222 valence electrons. The summed E-state index contributed by atoms with van der Waals surface area (Å²) in [5.41, 5.74) is -0.717. The fourth-order valence-corrected chi connectivity index (χ4v) is 6.69. The minimum Gasteiger partial charge on any atom is -0.372 e. The van der Waals surface area contributed by atoms with Crippen LogP contribution in [0.2, 0.25) is 0 Å². The van der Waals surface area contributed by atoms with Crippen LogP contribution < -0.4 is 0 Å². The topological polar surface area (TPSA) is 88.1 Å². The maximum Gasteiger partial charge on any atom is 0.474 e. The number of phosphoric acid groups is 1. The van der Waals surface area contributed by atoms with Gasteiger partial charge in [-0.1, -0.05) is 84.1 Å². The van der Waals surface area contributed by atoms with Crippen LogP contribution in [0.15, 0.2) is 12.2 Å². The second kappa shape index (κ2) is 17.6. The Morgan fingerprint density at radius 2 is 1.39 bits per heavy atom. The van der Waals surface area contributed by atoms with Crippen molar-refractivity contribution in [1.82, 2.24) is 0 Å². The summed E-state index contributed by atoms with van der Waals surface area (Å²) in [5, 5.41) is 0.327. The molecule has 3 atom stereocenters. The maximum absolute atomic E-state index is 13.4. The average molecular weight is 595 g/mol. The average Bonchev–Trinajstić information content (AvgIpc) is 3.18. The van der Waals surface area contributed by atoms with Crippen LogP contribution in [0.5, 0.6) is 0 Å². The molecule has 0 aromatic rings. The van der Waals surface area contributed by atoms with E-state index in [9.17, 15) is 14.2 Å². The van der Waals surface area contributed by atoms with Crippen LogP contribution in [0.3, 0.4) is 0 Å². The monoisotopic (exact) mass is 594 g/mol. The van der Waals surface area contributed by atoms with Gasteiger partial charge >= 0.3 is 7.82 Å².